The van der Waals surface area contributed by atoms with E-state index < -0.39 is 5.97 Å². The van der Waals surface area contributed by atoms with Crippen LogP contribution in [0.1, 0.15) is 84.0 Å². The lowest BCUT2D eigenvalue weighted by Gasteiger charge is -1.97. The van der Waals surface area contributed by atoms with Gasteiger partial charge in [-0.3, -0.25) is 4.79 Å². The zero-order valence-electron chi connectivity index (χ0n) is 13.2. The molecule has 20 heavy (non-hydrogen) atoms. The van der Waals surface area contributed by atoms with E-state index in [2.05, 4.69) is 31.2 Å². The lowest BCUT2D eigenvalue weighted by Crippen LogP contribution is -1.93. The zero-order chi connectivity index (χ0) is 14.9. The second-order valence-corrected chi connectivity index (χ2v) is 5.41. The molecule has 0 spiro atoms. The highest BCUT2D eigenvalue weighted by Crippen LogP contribution is 2.07. The van der Waals surface area contributed by atoms with Crippen LogP contribution in [0.4, 0.5) is 0 Å². The lowest BCUT2D eigenvalue weighted by molar-refractivity contribution is -0.137. The average Bonchev–Trinajstić information content (AvgIpc) is 2.43. The molecule has 116 valence electrons. The predicted octanol–water partition coefficient (Wildman–Crippen LogP) is 5.88. The first-order chi connectivity index (χ1) is 9.77. The molecular formula is C18H32O2. The number of aliphatic carboxylic acids is 1. The smallest absolute Gasteiger partial charge is 0.303 e. The molecule has 0 atom stereocenters. The van der Waals surface area contributed by atoms with Crippen LogP contribution in [0, 0.1) is 0 Å². The molecule has 0 fully saturated rings. The minimum Gasteiger partial charge on any atom is -0.481 e. The van der Waals surface area contributed by atoms with Crippen molar-refractivity contribution in [2.24, 2.45) is 0 Å². The van der Waals surface area contributed by atoms with Crippen LogP contribution in [0.25, 0.3) is 0 Å². The van der Waals surface area contributed by atoms with Crippen LogP contribution in [0.3, 0.4) is 0 Å². The first kappa shape index (κ1) is 18.9. The van der Waals surface area contributed by atoms with Gasteiger partial charge in [-0.1, -0.05) is 69.8 Å². The summed E-state index contributed by atoms with van der Waals surface area (Å²) in [6.07, 6.45) is 22.3. The van der Waals surface area contributed by atoms with Crippen molar-refractivity contribution in [2.45, 2.75) is 84.0 Å². The van der Waals surface area contributed by atoms with Gasteiger partial charge in [-0.15, -0.1) is 0 Å². The summed E-state index contributed by atoms with van der Waals surface area (Å²) < 4.78 is 0. The number of rotatable bonds is 14. The monoisotopic (exact) mass is 280 g/mol. The molecule has 2 nitrogen and oxygen atoms in total. The van der Waals surface area contributed by atoms with Crippen LogP contribution in [-0.4, -0.2) is 11.1 Å². The predicted molar refractivity (Wildman–Crippen MR) is 87.0 cm³/mol. The molecule has 0 heterocycles. The maximum atomic E-state index is 10.3. The molecule has 0 aromatic carbocycles. The van der Waals surface area contributed by atoms with E-state index >= 15 is 0 Å². The second-order valence-electron chi connectivity index (χ2n) is 5.41. The summed E-state index contributed by atoms with van der Waals surface area (Å²) in [6, 6.07) is 0. The van der Waals surface area contributed by atoms with Crippen molar-refractivity contribution >= 4 is 5.97 Å². The van der Waals surface area contributed by atoms with E-state index in [1.165, 1.54) is 44.9 Å². The van der Waals surface area contributed by atoms with E-state index in [4.69, 9.17) is 5.11 Å². The number of allylic oxidation sites excluding steroid dienone is 4. The molecule has 0 aliphatic heterocycles. The van der Waals surface area contributed by atoms with Gasteiger partial charge in [0.1, 0.15) is 0 Å². The summed E-state index contributed by atoms with van der Waals surface area (Å²) in [7, 11) is 0. The van der Waals surface area contributed by atoms with Gasteiger partial charge >= 0.3 is 5.97 Å². The fraction of sp³-hybridized carbons (Fsp3) is 0.722. The van der Waals surface area contributed by atoms with Crippen molar-refractivity contribution in [3.05, 3.63) is 24.3 Å². The topological polar surface area (TPSA) is 37.3 Å². The SMILES string of the molecule is CCCCCC/C=C\C=CCCCCCCCC(=O)O. The van der Waals surface area contributed by atoms with Gasteiger partial charge < -0.3 is 5.11 Å². The molecule has 0 amide bonds. The van der Waals surface area contributed by atoms with Gasteiger partial charge in [-0.05, 0) is 32.1 Å². The van der Waals surface area contributed by atoms with Crippen molar-refractivity contribution in [2.75, 3.05) is 0 Å². The standard InChI is InChI=1S/C18H32O2/c1-2-3-4-5-6-7-8-9-10-11-12-13-14-15-16-17-18(19)20/h7-10H,2-6,11-17H2,1H3,(H,19,20)/b8-7-,10-9?. The first-order valence-corrected chi connectivity index (χ1v) is 8.30. The molecule has 0 aliphatic rings. The largest absolute Gasteiger partial charge is 0.481 e. The number of carbonyl (C=O) groups is 1. The Morgan fingerprint density at radius 3 is 1.85 bits per heavy atom. The van der Waals surface area contributed by atoms with Gasteiger partial charge in [0.05, 0.1) is 0 Å². The Labute approximate surface area is 125 Å². The van der Waals surface area contributed by atoms with E-state index in [1.54, 1.807) is 0 Å². The summed E-state index contributed by atoms with van der Waals surface area (Å²) >= 11 is 0. The Kier molecular flexibility index (Phi) is 15.2. The number of hydrogen-bond donors (Lipinski definition) is 1. The van der Waals surface area contributed by atoms with Crippen molar-refractivity contribution < 1.29 is 9.90 Å². The molecule has 0 rings (SSSR count). The van der Waals surface area contributed by atoms with E-state index in [0.29, 0.717) is 6.42 Å². The van der Waals surface area contributed by atoms with Crippen LogP contribution in [-0.2, 0) is 4.79 Å². The number of unbranched alkanes of at least 4 members (excludes halogenated alkanes) is 9. The van der Waals surface area contributed by atoms with Gasteiger partial charge in [0.2, 0.25) is 0 Å². The molecule has 0 bridgehead atoms. The summed E-state index contributed by atoms with van der Waals surface area (Å²) in [6.45, 7) is 2.24. The van der Waals surface area contributed by atoms with E-state index in [-0.39, 0.29) is 0 Å². The Balaban J connectivity index is 3.19. The van der Waals surface area contributed by atoms with Crippen molar-refractivity contribution in [1.82, 2.24) is 0 Å². The Hall–Kier alpha value is -1.05. The summed E-state index contributed by atoms with van der Waals surface area (Å²) in [5.74, 6) is -0.672. The first-order valence-electron chi connectivity index (χ1n) is 8.30. The Bertz CT molecular complexity index is 267. The maximum Gasteiger partial charge on any atom is 0.303 e. The van der Waals surface area contributed by atoms with Crippen LogP contribution in [0.2, 0.25) is 0 Å². The molecule has 0 saturated heterocycles. The van der Waals surface area contributed by atoms with Gasteiger partial charge in [-0.25, -0.2) is 0 Å². The maximum absolute atomic E-state index is 10.3. The minimum absolute atomic E-state index is 0.322. The fourth-order valence-corrected chi connectivity index (χ4v) is 2.11. The third kappa shape index (κ3) is 16.9. The zero-order valence-corrected chi connectivity index (χ0v) is 13.2. The van der Waals surface area contributed by atoms with Crippen LogP contribution >= 0.6 is 0 Å². The Morgan fingerprint density at radius 2 is 1.30 bits per heavy atom. The number of carboxylic acid groups (broad SMARTS) is 1. The number of hydrogen-bond acceptors (Lipinski definition) is 1. The Morgan fingerprint density at radius 1 is 0.800 bits per heavy atom. The molecular weight excluding hydrogens is 248 g/mol. The van der Waals surface area contributed by atoms with Gasteiger partial charge in [0.25, 0.3) is 0 Å². The highest BCUT2D eigenvalue weighted by Gasteiger charge is 1.95. The van der Waals surface area contributed by atoms with Crippen molar-refractivity contribution in [1.29, 1.82) is 0 Å². The van der Waals surface area contributed by atoms with Crippen molar-refractivity contribution in [3.63, 3.8) is 0 Å². The highest BCUT2D eigenvalue weighted by atomic mass is 16.4. The molecule has 2 heteroatoms. The van der Waals surface area contributed by atoms with E-state index in [9.17, 15) is 4.79 Å². The summed E-state index contributed by atoms with van der Waals surface area (Å²) in [5.41, 5.74) is 0. The normalized spacial score (nSPS) is 11.7. The molecule has 0 radical (unpaired) electrons. The van der Waals surface area contributed by atoms with Gasteiger partial charge in [0, 0.05) is 6.42 Å². The lowest BCUT2D eigenvalue weighted by atomic mass is 10.1. The van der Waals surface area contributed by atoms with Gasteiger partial charge in [-0.2, -0.15) is 0 Å². The van der Waals surface area contributed by atoms with E-state index in [0.717, 1.165) is 25.7 Å². The molecule has 0 saturated carbocycles. The quantitative estimate of drug-likeness (QED) is 0.318. The summed E-state index contributed by atoms with van der Waals surface area (Å²) in [5, 5.41) is 8.50. The minimum atomic E-state index is -0.672. The molecule has 0 aliphatic carbocycles. The molecule has 0 aromatic rings. The van der Waals surface area contributed by atoms with E-state index in [1.807, 2.05) is 0 Å². The average molecular weight is 280 g/mol. The third-order valence-corrected chi connectivity index (χ3v) is 3.37. The van der Waals surface area contributed by atoms with Gasteiger partial charge in [0.15, 0.2) is 0 Å². The molecule has 0 unspecified atom stereocenters. The van der Waals surface area contributed by atoms with Crippen molar-refractivity contribution in [3.8, 4) is 0 Å². The van der Waals surface area contributed by atoms with Crippen LogP contribution in [0.5, 0.6) is 0 Å². The fourth-order valence-electron chi connectivity index (χ4n) is 2.11. The number of carboxylic acids is 1. The van der Waals surface area contributed by atoms with Crippen LogP contribution in [0.15, 0.2) is 24.3 Å². The highest BCUT2D eigenvalue weighted by molar-refractivity contribution is 5.66. The molecule has 0 aromatic heterocycles. The summed E-state index contributed by atoms with van der Waals surface area (Å²) in [4.78, 5) is 10.3. The second kappa shape index (κ2) is 16.0. The molecule has 1 N–H and O–H groups in total. The van der Waals surface area contributed by atoms with Crippen LogP contribution < -0.4 is 0 Å². The third-order valence-electron chi connectivity index (χ3n) is 3.37.